The van der Waals surface area contributed by atoms with Gasteiger partial charge >= 0.3 is 12.3 Å². The Morgan fingerprint density at radius 1 is 1.09 bits per heavy atom. The SMILES string of the molecule is COC(=O)c1cc(N)cc(-c2cccc(OC(F)(F)F)c2)c1. The van der Waals surface area contributed by atoms with Gasteiger partial charge < -0.3 is 15.2 Å². The van der Waals surface area contributed by atoms with Crippen LogP contribution in [0.5, 0.6) is 5.75 Å². The van der Waals surface area contributed by atoms with Crippen LogP contribution in [0.3, 0.4) is 0 Å². The quantitative estimate of drug-likeness (QED) is 0.694. The second kappa shape index (κ2) is 5.97. The highest BCUT2D eigenvalue weighted by Crippen LogP contribution is 2.29. The summed E-state index contributed by atoms with van der Waals surface area (Å²) in [5.74, 6) is -0.941. The molecule has 2 aromatic rings. The fourth-order valence-electron chi connectivity index (χ4n) is 1.93. The summed E-state index contributed by atoms with van der Waals surface area (Å²) < 4.78 is 45.2. The summed E-state index contributed by atoms with van der Waals surface area (Å²) in [6.45, 7) is 0. The number of alkyl halides is 3. The molecule has 0 saturated carbocycles. The number of carbonyl (C=O) groups excluding carboxylic acids is 1. The topological polar surface area (TPSA) is 61.5 Å². The molecule has 22 heavy (non-hydrogen) atoms. The van der Waals surface area contributed by atoms with Crippen molar-refractivity contribution in [2.24, 2.45) is 0 Å². The third-order valence-electron chi connectivity index (χ3n) is 2.78. The number of esters is 1. The van der Waals surface area contributed by atoms with E-state index in [-0.39, 0.29) is 11.3 Å². The molecule has 0 amide bonds. The maximum Gasteiger partial charge on any atom is 0.573 e. The van der Waals surface area contributed by atoms with Gasteiger partial charge in [-0.1, -0.05) is 12.1 Å². The van der Waals surface area contributed by atoms with E-state index < -0.39 is 12.3 Å². The molecule has 0 atom stereocenters. The molecule has 4 nitrogen and oxygen atoms in total. The highest BCUT2D eigenvalue weighted by atomic mass is 19.4. The van der Waals surface area contributed by atoms with Crippen molar-refractivity contribution in [3.8, 4) is 16.9 Å². The van der Waals surface area contributed by atoms with E-state index in [0.717, 1.165) is 0 Å². The first-order valence-electron chi connectivity index (χ1n) is 6.13. The molecule has 0 radical (unpaired) electrons. The van der Waals surface area contributed by atoms with E-state index in [9.17, 15) is 18.0 Å². The van der Waals surface area contributed by atoms with Crippen LogP contribution in [0.1, 0.15) is 10.4 Å². The molecule has 0 aliphatic carbocycles. The van der Waals surface area contributed by atoms with Gasteiger partial charge in [0.15, 0.2) is 0 Å². The van der Waals surface area contributed by atoms with Crippen molar-refractivity contribution < 1.29 is 27.4 Å². The van der Waals surface area contributed by atoms with Gasteiger partial charge in [0.2, 0.25) is 0 Å². The first-order valence-corrected chi connectivity index (χ1v) is 6.13. The zero-order valence-corrected chi connectivity index (χ0v) is 11.5. The lowest BCUT2D eigenvalue weighted by Crippen LogP contribution is -2.17. The smallest absolute Gasteiger partial charge is 0.465 e. The Morgan fingerprint density at radius 2 is 1.82 bits per heavy atom. The minimum atomic E-state index is -4.77. The summed E-state index contributed by atoms with van der Waals surface area (Å²) in [6, 6.07) is 9.84. The van der Waals surface area contributed by atoms with Crippen molar-refractivity contribution in [1.29, 1.82) is 0 Å². The van der Waals surface area contributed by atoms with Crippen LogP contribution in [0.15, 0.2) is 42.5 Å². The molecule has 7 heteroatoms. The molecule has 0 aromatic heterocycles. The zero-order valence-electron chi connectivity index (χ0n) is 11.5. The molecule has 0 unspecified atom stereocenters. The van der Waals surface area contributed by atoms with Gasteiger partial charge in [-0.3, -0.25) is 0 Å². The highest BCUT2D eigenvalue weighted by Gasteiger charge is 2.31. The lowest BCUT2D eigenvalue weighted by atomic mass is 10.0. The molecule has 0 fully saturated rings. The second-order valence-corrected chi connectivity index (χ2v) is 4.41. The summed E-state index contributed by atoms with van der Waals surface area (Å²) in [5.41, 5.74) is 7.12. The molecule has 2 aromatic carbocycles. The van der Waals surface area contributed by atoms with Crippen LogP contribution in [0.25, 0.3) is 11.1 Å². The normalized spacial score (nSPS) is 11.1. The van der Waals surface area contributed by atoms with Gasteiger partial charge in [0.1, 0.15) is 5.75 Å². The number of nitrogens with two attached hydrogens (primary N) is 1. The molecule has 116 valence electrons. The van der Waals surface area contributed by atoms with E-state index in [1.54, 1.807) is 12.1 Å². The lowest BCUT2D eigenvalue weighted by molar-refractivity contribution is -0.274. The van der Waals surface area contributed by atoms with E-state index in [1.165, 1.54) is 37.4 Å². The number of nitrogen functional groups attached to an aromatic ring is 1. The Hall–Kier alpha value is -2.70. The van der Waals surface area contributed by atoms with Crippen molar-refractivity contribution in [1.82, 2.24) is 0 Å². The molecule has 0 spiro atoms. The zero-order chi connectivity index (χ0) is 16.3. The number of carbonyl (C=O) groups is 1. The average Bonchev–Trinajstić information content (AvgIpc) is 2.44. The third kappa shape index (κ3) is 3.91. The predicted octanol–water partition coefficient (Wildman–Crippen LogP) is 3.62. The Bertz CT molecular complexity index is 699. The molecule has 0 heterocycles. The molecule has 0 aliphatic heterocycles. The monoisotopic (exact) mass is 311 g/mol. The minimum Gasteiger partial charge on any atom is -0.465 e. The fraction of sp³-hybridized carbons (Fsp3) is 0.133. The van der Waals surface area contributed by atoms with E-state index in [1.807, 2.05) is 0 Å². The number of methoxy groups -OCH3 is 1. The van der Waals surface area contributed by atoms with Crippen molar-refractivity contribution in [3.05, 3.63) is 48.0 Å². The van der Waals surface area contributed by atoms with Crippen LogP contribution >= 0.6 is 0 Å². The van der Waals surface area contributed by atoms with Gasteiger partial charge in [0, 0.05) is 5.69 Å². The third-order valence-corrected chi connectivity index (χ3v) is 2.78. The van der Waals surface area contributed by atoms with Crippen LogP contribution in [0, 0.1) is 0 Å². The van der Waals surface area contributed by atoms with Crippen molar-refractivity contribution in [2.45, 2.75) is 6.36 Å². The van der Waals surface area contributed by atoms with Gasteiger partial charge in [0.05, 0.1) is 12.7 Å². The minimum absolute atomic E-state index is 0.208. The number of hydrogen-bond acceptors (Lipinski definition) is 4. The summed E-state index contributed by atoms with van der Waals surface area (Å²) in [4.78, 5) is 11.6. The molecular weight excluding hydrogens is 299 g/mol. The van der Waals surface area contributed by atoms with Gasteiger partial charge in [-0.05, 0) is 41.5 Å². The molecule has 0 bridgehead atoms. The Labute approximate surface area is 124 Å². The van der Waals surface area contributed by atoms with E-state index in [4.69, 9.17) is 5.73 Å². The summed E-state index contributed by atoms with van der Waals surface area (Å²) >= 11 is 0. The highest BCUT2D eigenvalue weighted by molar-refractivity contribution is 5.92. The molecule has 2 rings (SSSR count). The molecule has 0 aliphatic rings. The lowest BCUT2D eigenvalue weighted by Gasteiger charge is -2.11. The maximum atomic E-state index is 12.3. The summed E-state index contributed by atoms with van der Waals surface area (Å²) in [5, 5.41) is 0. The van der Waals surface area contributed by atoms with Crippen LogP contribution in [0.4, 0.5) is 18.9 Å². The van der Waals surface area contributed by atoms with Gasteiger partial charge in [0.25, 0.3) is 0 Å². The summed E-state index contributed by atoms with van der Waals surface area (Å²) in [6.07, 6.45) is -4.77. The number of benzene rings is 2. The van der Waals surface area contributed by atoms with Crippen molar-refractivity contribution in [3.63, 3.8) is 0 Å². The Kier molecular flexibility index (Phi) is 4.25. The van der Waals surface area contributed by atoms with Crippen LogP contribution in [-0.4, -0.2) is 19.4 Å². The standard InChI is InChI=1S/C15H12F3NO3/c1-21-14(20)11-5-10(6-12(19)7-11)9-3-2-4-13(8-9)22-15(16,17)18/h2-8H,19H2,1H3. The number of anilines is 1. The van der Waals surface area contributed by atoms with Gasteiger partial charge in [-0.15, -0.1) is 13.2 Å². The second-order valence-electron chi connectivity index (χ2n) is 4.41. The van der Waals surface area contributed by atoms with Gasteiger partial charge in [-0.25, -0.2) is 4.79 Å². The van der Waals surface area contributed by atoms with Crippen LogP contribution in [-0.2, 0) is 4.74 Å². The summed E-state index contributed by atoms with van der Waals surface area (Å²) in [7, 11) is 1.23. The average molecular weight is 311 g/mol. The number of ether oxygens (including phenoxy) is 2. The number of halogens is 3. The first kappa shape index (κ1) is 15.7. The van der Waals surface area contributed by atoms with E-state index in [2.05, 4.69) is 9.47 Å². The number of rotatable bonds is 3. The fourth-order valence-corrected chi connectivity index (χ4v) is 1.93. The first-order chi connectivity index (χ1) is 10.3. The van der Waals surface area contributed by atoms with Gasteiger partial charge in [-0.2, -0.15) is 0 Å². The van der Waals surface area contributed by atoms with E-state index in [0.29, 0.717) is 16.8 Å². The number of hydrogen-bond donors (Lipinski definition) is 1. The van der Waals surface area contributed by atoms with Crippen LogP contribution in [0.2, 0.25) is 0 Å². The van der Waals surface area contributed by atoms with Crippen LogP contribution < -0.4 is 10.5 Å². The molecular formula is C15H12F3NO3. The molecule has 0 saturated heterocycles. The Morgan fingerprint density at radius 3 is 2.45 bits per heavy atom. The Balaban J connectivity index is 2.41. The van der Waals surface area contributed by atoms with Crippen molar-refractivity contribution in [2.75, 3.05) is 12.8 Å². The predicted molar refractivity (Wildman–Crippen MR) is 74.3 cm³/mol. The molecule has 2 N–H and O–H groups in total. The van der Waals surface area contributed by atoms with E-state index >= 15 is 0 Å². The maximum absolute atomic E-state index is 12.3. The largest absolute Gasteiger partial charge is 0.573 e. The van der Waals surface area contributed by atoms with Crippen molar-refractivity contribution >= 4 is 11.7 Å².